The fourth-order valence-corrected chi connectivity index (χ4v) is 1.53. The van der Waals surface area contributed by atoms with E-state index in [-0.39, 0.29) is 5.69 Å². The fourth-order valence-electron chi connectivity index (χ4n) is 1.53. The van der Waals surface area contributed by atoms with Gasteiger partial charge < -0.3 is 5.11 Å². The van der Waals surface area contributed by atoms with E-state index in [1.807, 2.05) is 43.3 Å². The molecule has 1 aromatic carbocycles. The molecule has 2 rings (SSSR count). The highest BCUT2D eigenvalue weighted by atomic mass is 16.4. The van der Waals surface area contributed by atoms with Gasteiger partial charge in [-0.2, -0.15) is 0 Å². The molecule has 1 aromatic heterocycles. The van der Waals surface area contributed by atoms with Crippen LogP contribution in [-0.4, -0.2) is 16.1 Å². The molecule has 0 atom stereocenters. The summed E-state index contributed by atoms with van der Waals surface area (Å²) in [6, 6.07) is 13.0. The Balaban J connectivity index is 2.54. The second kappa shape index (κ2) is 4.14. The molecule has 1 heterocycles. The molecule has 2 aromatic rings. The van der Waals surface area contributed by atoms with Gasteiger partial charge in [0.1, 0.15) is 5.69 Å². The van der Waals surface area contributed by atoms with E-state index >= 15 is 0 Å². The lowest BCUT2D eigenvalue weighted by molar-refractivity contribution is 0.0690. The summed E-state index contributed by atoms with van der Waals surface area (Å²) < 4.78 is 0. The van der Waals surface area contributed by atoms with Gasteiger partial charge in [-0.3, -0.25) is 0 Å². The highest BCUT2D eigenvalue weighted by Gasteiger charge is 2.08. The highest BCUT2D eigenvalue weighted by molar-refractivity contribution is 5.86. The largest absolute Gasteiger partial charge is 0.477 e. The van der Waals surface area contributed by atoms with E-state index in [2.05, 4.69) is 4.98 Å². The summed E-state index contributed by atoms with van der Waals surface area (Å²) >= 11 is 0. The first-order valence-electron chi connectivity index (χ1n) is 4.94. The minimum Gasteiger partial charge on any atom is -0.477 e. The molecule has 0 aliphatic heterocycles. The Hall–Kier alpha value is -2.16. The number of aromatic carboxylic acids is 1. The maximum Gasteiger partial charge on any atom is 0.354 e. The molecule has 0 amide bonds. The Morgan fingerprint density at radius 3 is 2.50 bits per heavy atom. The normalized spacial score (nSPS) is 10.1. The van der Waals surface area contributed by atoms with Gasteiger partial charge >= 0.3 is 5.97 Å². The summed E-state index contributed by atoms with van der Waals surface area (Å²) in [5.41, 5.74) is 2.59. The number of hydrogen-bond donors (Lipinski definition) is 1. The van der Waals surface area contributed by atoms with Crippen LogP contribution in [0.4, 0.5) is 0 Å². The van der Waals surface area contributed by atoms with Gasteiger partial charge in [0.05, 0.1) is 5.69 Å². The van der Waals surface area contributed by atoms with Crippen molar-refractivity contribution in [3.05, 3.63) is 53.7 Å². The van der Waals surface area contributed by atoms with E-state index in [1.54, 1.807) is 6.07 Å². The minimum absolute atomic E-state index is 0.0823. The smallest absolute Gasteiger partial charge is 0.354 e. The van der Waals surface area contributed by atoms with E-state index in [0.29, 0.717) is 5.69 Å². The number of rotatable bonds is 2. The van der Waals surface area contributed by atoms with Crippen LogP contribution in [0.15, 0.2) is 42.5 Å². The van der Waals surface area contributed by atoms with E-state index in [9.17, 15) is 4.79 Å². The SMILES string of the molecule is Cc1cc(C(=O)O)nc(-c2ccccc2)c1. The van der Waals surface area contributed by atoms with Crippen molar-refractivity contribution in [3.8, 4) is 11.3 Å². The van der Waals surface area contributed by atoms with Crippen LogP contribution in [0.2, 0.25) is 0 Å². The van der Waals surface area contributed by atoms with Crippen LogP contribution in [0.25, 0.3) is 11.3 Å². The van der Waals surface area contributed by atoms with Crippen LogP contribution >= 0.6 is 0 Å². The summed E-state index contributed by atoms with van der Waals surface area (Å²) in [5, 5.41) is 8.92. The molecular weight excluding hydrogens is 202 g/mol. The quantitative estimate of drug-likeness (QED) is 0.834. The molecular formula is C13H11NO2. The Morgan fingerprint density at radius 1 is 1.19 bits per heavy atom. The lowest BCUT2D eigenvalue weighted by Crippen LogP contribution is -2.01. The molecule has 0 fully saturated rings. The second-order valence-corrected chi connectivity index (χ2v) is 3.59. The van der Waals surface area contributed by atoms with E-state index in [1.165, 1.54) is 0 Å². The molecule has 0 aliphatic rings. The van der Waals surface area contributed by atoms with E-state index in [4.69, 9.17) is 5.11 Å². The molecule has 0 spiro atoms. The van der Waals surface area contributed by atoms with Gasteiger partial charge in [-0.1, -0.05) is 30.3 Å². The number of carboxylic acid groups (broad SMARTS) is 1. The van der Waals surface area contributed by atoms with Crippen LogP contribution in [0, 0.1) is 6.92 Å². The highest BCUT2D eigenvalue weighted by Crippen LogP contribution is 2.18. The monoisotopic (exact) mass is 213 g/mol. The average Bonchev–Trinajstić information content (AvgIpc) is 2.29. The average molecular weight is 213 g/mol. The molecule has 0 radical (unpaired) electrons. The lowest BCUT2D eigenvalue weighted by atomic mass is 10.1. The standard InChI is InChI=1S/C13H11NO2/c1-9-7-11(10-5-3-2-4-6-10)14-12(8-9)13(15)16/h2-8H,1H3,(H,15,16). The molecule has 0 saturated heterocycles. The summed E-state index contributed by atoms with van der Waals surface area (Å²) in [5.74, 6) is -0.999. The summed E-state index contributed by atoms with van der Waals surface area (Å²) in [7, 11) is 0. The van der Waals surface area contributed by atoms with Gasteiger partial charge in [0.15, 0.2) is 0 Å². The first kappa shape index (κ1) is 10.4. The van der Waals surface area contributed by atoms with Crippen LogP contribution < -0.4 is 0 Å². The third-order valence-electron chi connectivity index (χ3n) is 2.26. The summed E-state index contributed by atoms with van der Waals surface area (Å²) in [6.07, 6.45) is 0. The molecule has 0 aliphatic carbocycles. The number of benzene rings is 1. The van der Waals surface area contributed by atoms with Gasteiger partial charge in [0, 0.05) is 5.56 Å². The number of nitrogens with zero attached hydrogens (tertiary/aromatic N) is 1. The summed E-state index contributed by atoms with van der Waals surface area (Å²) in [6.45, 7) is 1.86. The van der Waals surface area contributed by atoms with Crippen LogP contribution in [0.5, 0.6) is 0 Å². The zero-order valence-electron chi connectivity index (χ0n) is 8.84. The Bertz CT molecular complexity index is 521. The van der Waals surface area contributed by atoms with Crippen LogP contribution in [0.3, 0.4) is 0 Å². The number of hydrogen-bond acceptors (Lipinski definition) is 2. The van der Waals surface area contributed by atoms with Gasteiger partial charge in [0.25, 0.3) is 0 Å². The van der Waals surface area contributed by atoms with Crippen LogP contribution in [0.1, 0.15) is 16.1 Å². The molecule has 80 valence electrons. The van der Waals surface area contributed by atoms with Gasteiger partial charge in [-0.15, -0.1) is 0 Å². The Morgan fingerprint density at radius 2 is 1.88 bits per heavy atom. The number of pyridine rings is 1. The van der Waals surface area contributed by atoms with Crippen molar-refractivity contribution in [1.29, 1.82) is 0 Å². The van der Waals surface area contributed by atoms with Crippen molar-refractivity contribution in [2.75, 3.05) is 0 Å². The molecule has 3 heteroatoms. The number of aromatic nitrogens is 1. The second-order valence-electron chi connectivity index (χ2n) is 3.59. The zero-order valence-corrected chi connectivity index (χ0v) is 8.84. The lowest BCUT2D eigenvalue weighted by Gasteiger charge is -2.03. The Kier molecular flexibility index (Phi) is 2.68. The van der Waals surface area contributed by atoms with Crippen molar-refractivity contribution in [2.24, 2.45) is 0 Å². The molecule has 3 nitrogen and oxygen atoms in total. The van der Waals surface area contributed by atoms with E-state index in [0.717, 1.165) is 11.1 Å². The summed E-state index contributed by atoms with van der Waals surface area (Å²) in [4.78, 5) is 15.0. The Labute approximate surface area is 93.4 Å². The van der Waals surface area contributed by atoms with E-state index < -0.39 is 5.97 Å². The molecule has 0 saturated carbocycles. The first-order chi connectivity index (χ1) is 7.66. The maximum absolute atomic E-state index is 10.9. The minimum atomic E-state index is -0.999. The topological polar surface area (TPSA) is 50.2 Å². The van der Waals surface area contributed by atoms with Gasteiger partial charge in [-0.25, -0.2) is 9.78 Å². The van der Waals surface area contributed by atoms with Crippen molar-refractivity contribution in [1.82, 2.24) is 4.98 Å². The van der Waals surface area contributed by atoms with Gasteiger partial charge in [-0.05, 0) is 24.6 Å². The number of carboxylic acids is 1. The first-order valence-corrected chi connectivity index (χ1v) is 4.94. The number of aryl methyl sites for hydroxylation is 1. The maximum atomic E-state index is 10.9. The van der Waals surface area contributed by atoms with Crippen molar-refractivity contribution in [3.63, 3.8) is 0 Å². The van der Waals surface area contributed by atoms with Crippen LogP contribution in [-0.2, 0) is 0 Å². The predicted molar refractivity (Wildman–Crippen MR) is 61.4 cm³/mol. The molecule has 1 N–H and O–H groups in total. The third-order valence-corrected chi connectivity index (χ3v) is 2.26. The number of carbonyl (C=O) groups is 1. The zero-order chi connectivity index (χ0) is 11.5. The van der Waals surface area contributed by atoms with Crippen molar-refractivity contribution < 1.29 is 9.90 Å². The van der Waals surface area contributed by atoms with Gasteiger partial charge in [0.2, 0.25) is 0 Å². The molecule has 0 bridgehead atoms. The molecule has 0 unspecified atom stereocenters. The van der Waals surface area contributed by atoms with Crippen molar-refractivity contribution >= 4 is 5.97 Å². The fraction of sp³-hybridized carbons (Fsp3) is 0.0769. The molecule has 16 heavy (non-hydrogen) atoms. The predicted octanol–water partition coefficient (Wildman–Crippen LogP) is 2.76. The van der Waals surface area contributed by atoms with Crippen molar-refractivity contribution in [2.45, 2.75) is 6.92 Å². The third kappa shape index (κ3) is 2.08.